The molecule has 22 heavy (non-hydrogen) atoms. The van der Waals surface area contributed by atoms with E-state index >= 15 is 0 Å². The third kappa shape index (κ3) is 3.38. The monoisotopic (exact) mass is 316 g/mol. The van der Waals surface area contributed by atoms with Crippen LogP contribution in [0.4, 0.5) is 0 Å². The van der Waals surface area contributed by atoms with E-state index in [9.17, 15) is 0 Å². The highest BCUT2D eigenvalue weighted by Gasteiger charge is 2.09. The molecule has 0 unspecified atom stereocenters. The lowest BCUT2D eigenvalue weighted by atomic mass is 10.2. The maximum atomic E-state index is 5.85. The first kappa shape index (κ1) is 14.4. The number of benzene rings is 2. The minimum atomic E-state index is 0.188. The summed E-state index contributed by atoms with van der Waals surface area (Å²) in [7, 11) is 1.61. The van der Waals surface area contributed by atoms with Gasteiger partial charge in [-0.1, -0.05) is 22.8 Å². The van der Waals surface area contributed by atoms with Gasteiger partial charge in [-0.3, -0.25) is 0 Å². The standard InChI is InChI=1S/C16H13ClN2O3/c1-20-13-3-2-4-14(9-13)21-10-15-18-16(19-22-15)11-5-7-12(17)8-6-11/h2-9H,10H2,1H3. The van der Waals surface area contributed by atoms with Crippen LogP contribution in [0.3, 0.4) is 0 Å². The van der Waals surface area contributed by atoms with Gasteiger partial charge in [-0.15, -0.1) is 0 Å². The second kappa shape index (κ2) is 6.49. The number of methoxy groups -OCH3 is 1. The third-order valence-corrected chi connectivity index (χ3v) is 3.23. The van der Waals surface area contributed by atoms with Gasteiger partial charge in [0.2, 0.25) is 5.82 Å². The van der Waals surface area contributed by atoms with Gasteiger partial charge in [0.25, 0.3) is 5.89 Å². The molecule has 1 aromatic heterocycles. The Morgan fingerprint density at radius 3 is 2.64 bits per heavy atom. The Bertz CT molecular complexity index is 756. The predicted molar refractivity (Wildman–Crippen MR) is 82.1 cm³/mol. The van der Waals surface area contributed by atoms with Crippen molar-refractivity contribution in [2.75, 3.05) is 7.11 Å². The topological polar surface area (TPSA) is 57.4 Å². The van der Waals surface area contributed by atoms with E-state index in [0.29, 0.717) is 22.5 Å². The highest BCUT2D eigenvalue weighted by atomic mass is 35.5. The molecule has 3 aromatic rings. The molecule has 2 aromatic carbocycles. The molecule has 0 atom stereocenters. The Kier molecular flexibility index (Phi) is 4.25. The molecular formula is C16H13ClN2O3. The molecule has 0 N–H and O–H groups in total. The Labute approximate surface area is 132 Å². The van der Waals surface area contributed by atoms with Gasteiger partial charge in [-0.25, -0.2) is 0 Å². The van der Waals surface area contributed by atoms with Crippen LogP contribution in [0, 0.1) is 0 Å². The quantitative estimate of drug-likeness (QED) is 0.712. The van der Waals surface area contributed by atoms with Gasteiger partial charge < -0.3 is 14.0 Å². The summed E-state index contributed by atoms with van der Waals surface area (Å²) in [5.41, 5.74) is 0.834. The molecule has 5 nitrogen and oxygen atoms in total. The van der Waals surface area contributed by atoms with Gasteiger partial charge >= 0.3 is 0 Å². The number of hydrogen-bond donors (Lipinski definition) is 0. The Hall–Kier alpha value is -2.53. The van der Waals surface area contributed by atoms with Gasteiger partial charge in [0.05, 0.1) is 7.11 Å². The molecule has 0 saturated heterocycles. The van der Waals surface area contributed by atoms with Crippen LogP contribution in [0.2, 0.25) is 5.02 Å². The summed E-state index contributed by atoms with van der Waals surface area (Å²) < 4.78 is 15.9. The second-order valence-corrected chi connectivity index (χ2v) is 4.92. The zero-order chi connectivity index (χ0) is 15.4. The first-order chi connectivity index (χ1) is 10.7. The van der Waals surface area contributed by atoms with Crippen molar-refractivity contribution in [1.82, 2.24) is 10.1 Å². The van der Waals surface area contributed by atoms with Crippen molar-refractivity contribution in [3.05, 3.63) is 59.4 Å². The van der Waals surface area contributed by atoms with Crippen LogP contribution in [0.1, 0.15) is 5.89 Å². The van der Waals surface area contributed by atoms with Crippen LogP contribution >= 0.6 is 11.6 Å². The smallest absolute Gasteiger partial charge is 0.264 e. The van der Waals surface area contributed by atoms with Crippen molar-refractivity contribution in [3.63, 3.8) is 0 Å². The fourth-order valence-corrected chi connectivity index (χ4v) is 1.99. The summed E-state index contributed by atoms with van der Waals surface area (Å²) >= 11 is 5.85. The van der Waals surface area contributed by atoms with Crippen molar-refractivity contribution in [3.8, 4) is 22.9 Å². The average molecular weight is 317 g/mol. The first-order valence-corrected chi connectivity index (χ1v) is 6.98. The van der Waals surface area contributed by atoms with Crippen LogP contribution in [0.5, 0.6) is 11.5 Å². The van der Waals surface area contributed by atoms with Gasteiger partial charge in [-0.05, 0) is 36.4 Å². The van der Waals surface area contributed by atoms with Gasteiger partial charge in [0.15, 0.2) is 6.61 Å². The van der Waals surface area contributed by atoms with Crippen LogP contribution in [-0.4, -0.2) is 17.3 Å². The Morgan fingerprint density at radius 1 is 1.09 bits per heavy atom. The predicted octanol–water partition coefficient (Wildman–Crippen LogP) is 3.98. The molecular weight excluding hydrogens is 304 g/mol. The molecule has 1 heterocycles. The lowest BCUT2D eigenvalue weighted by Crippen LogP contribution is -1.96. The number of rotatable bonds is 5. The van der Waals surface area contributed by atoms with Crippen LogP contribution < -0.4 is 9.47 Å². The minimum Gasteiger partial charge on any atom is -0.497 e. The summed E-state index contributed by atoms with van der Waals surface area (Å²) in [5, 5.41) is 4.59. The van der Waals surface area contributed by atoms with E-state index in [1.165, 1.54) is 0 Å². The molecule has 6 heteroatoms. The molecule has 0 bridgehead atoms. The molecule has 0 fully saturated rings. The molecule has 0 aliphatic heterocycles. The van der Waals surface area contributed by atoms with Crippen molar-refractivity contribution < 1.29 is 14.0 Å². The molecule has 3 rings (SSSR count). The van der Waals surface area contributed by atoms with E-state index in [4.69, 9.17) is 25.6 Å². The van der Waals surface area contributed by atoms with E-state index in [2.05, 4.69) is 10.1 Å². The fraction of sp³-hybridized carbons (Fsp3) is 0.125. The summed E-state index contributed by atoms with van der Waals surface area (Å²) in [6.07, 6.45) is 0. The molecule has 0 amide bonds. The highest BCUT2D eigenvalue weighted by molar-refractivity contribution is 6.30. The maximum absolute atomic E-state index is 5.85. The molecule has 0 saturated carbocycles. The summed E-state index contributed by atoms with van der Waals surface area (Å²) in [4.78, 5) is 4.29. The van der Waals surface area contributed by atoms with Crippen molar-refractivity contribution in [1.29, 1.82) is 0 Å². The SMILES string of the molecule is COc1cccc(OCc2nc(-c3ccc(Cl)cc3)no2)c1. The van der Waals surface area contributed by atoms with Crippen LogP contribution in [-0.2, 0) is 6.61 Å². The average Bonchev–Trinajstić information content (AvgIpc) is 3.03. The molecule has 112 valence electrons. The summed E-state index contributed by atoms with van der Waals surface area (Å²) in [6.45, 7) is 0.188. The molecule has 0 radical (unpaired) electrons. The normalized spacial score (nSPS) is 10.5. The zero-order valence-corrected chi connectivity index (χ0v) is 12.6. The number of hydrogen-bond acceptors (Lipinski definition) is 5. The van der Waals surface area contributed by atoms with Crippen molar-refractivity contribution in [2.24, 2.45) is 0 Å². The van der Waals surface area contributed by atoms with E-state index in [1.807, 2.05) is 30.3 Å². The van der Waals surface area contributed by atoms with Gasteiger partial charge in [0, 0.05) is 16.7 Å². The Morgan fingerprint density at radius 2 is 1.86 bits per heavy atom. The van der Waals surface area contributed by atoms with Crippen molar-refractivity contribution >= 4 is 11.6 Å². The number of halogens is 1. The number of aromatic nitrogens is 2. The third-order valence-electron chi connectivity index (χ3n) is 2.97. The zero-order valence-electron chi connectivity index (χ0n) is 11.8. The van der Waals surface area contributed by atoms with Crippen molar-refractivity contribution in [2.45, 2.75) is 6.61 Å². The van der Waals surface area contributed by atoms with E-state index < -0.39 is 0 Å². The summed E-state index contributed by atoms with van der Waals surface area (Å²) in [5.74, 6) is 2.30. The van der Waals surface area contributed by atoms with Crippen LogP contribution in [0.25, 0.3) is 11.4 Å². The first-order valence-electron chi connectivity index (χ1n) is 6.60. The number of nitrogens with zero attached hydrogens (tertiary/aromatic N) is 2. The lowest BCUT2D eigenvalue weighted by Gasteiger charge is -2.04. The van der Waals surface area contributed by atoms with E-state index in [0.717, 1.165) is 11.3 Å². The maximum Gasteiger partial charge on any atom is 0.264 e. The number of ether oxygens (including phenoxy) is 2. The van der Waals surface area contributed by atoms with E-state index in [-0.39, 0.29) is 6.61 Å². The van der Waals surface area contributed by atoms with Gasteiger partial charge in [0.1, 0.15) is 11.5 Å². The highest BCUT2D eigenvalue weighted by Crippen LogP contribution is 2.21. The largest absolute Gasteiger partial charge is 0.497 e. The molecule has 0 aliphatic rings. The van der Waals surface area contributed by atoms with Gasteiger partial charge in [-0.2, -0.15) is 4.98 Å². The molecule has 0 spiro atoms. The second-order valence-electron chi connectivity index (χ2n) is 4.49. The van der Waals surface area contributed by atoms with Crippen LogP contribution in [0.15, 0.2) is 53.1 Å². The fourth-order valence-electron chi connectivity index (χ4n) is 1.87. The van der Waals surface area contributed by atoms with E-state index in [1.54, 1.807) is 25.3 Å². The Balaban J connectivity index is 1.67. The minimum absolute atomic E-state index is 0.188. The molecule has 0 aliphatic carbocycles. The summed E-state index contributed by atoms with van der Waals surface area (Å²) in [6, 6.07) is 14.5. The lowest BCUT2D eigenvalue weighted by molar-refractivity contribution is 0.242.